The number of amides is 1. The number of nitrogens with one attached hydrogen (secondary N) is 2. The minimum Gasteiger partial charge on any atom is -0.476 e. The van der Waals surface area contributed by atoms with Gasteiger partial charge in [0.2, 0.25) is 15.9 Å². The SMILES string of the molecule is CC(C)(NS(C)(=O)=O)C(=O)NCc1cccc(-n2ccc(C(=O)O)n2)c1. The number of hydrogen-bond acceptors (Lipinski definition) is 5. The standard InChI is InChI=1S/C16H20N4O5S/c1-16(2,19-26(3,24)25)15(23)17-10-11-5-4-6-12(9-11)20-8-7-13(18-20)14(21)22/h4-9,19H,10H2,1-3H3,(H,17,23)(H,21,22). The maximum absolute atomic E-state index is 12.2. The van der Waals surface area contributed by atoms with Crippen LogP contribution in [0.5, 0.6) is 0 Å². The van der Waals surface area contributed by atoms with Crippen LogP contribution in [0.3, 0.4) is 0 Å². The molecule has 3 N–H and O–H groups in total. The Morgan fingerprint density at radius 1 is 1.27 bits per heavy atom. The van der Waals surface area contributed by atoms with Gasteiger partial charge in [-0.3, -0.25) is 4.79 Å². The van der Waals surface area contributed by atoms with E-state index < -0.39 is 27.4 Å². The topological polar surface area (TPSA) is 130 Å². The van der Waals surface area contributed by atoms with E-state index in [-0.39, 0.29) is 12.2 Å². The number of sulfonamides is 1. The van der Waals surface area contributed by atoms with Crippen LogP contribution < -0.4 is 10.0 Å². The third kappa shape index (κ3) is 5.14. The van der Waals surface area contributed by atoms with E-state index in [1.807, 2.05) is 0 Å². The van der Waals surface area contributed by atoms with Crippen LogP contribution in [0.2, 0.25) is 0 Å². The van der Waals surface area contributed by atoms with Crippen molar-refractivity contribution < 1.29 is 23.1 Å². The Morgan fingerprint density at radius 2 is 1.96 bits per heavy atom. The maximum Gasteiger partial charge on any atom is 0.356 e. The van der Waals surface area contributed by atoms with Gasteiger partial charge in [0.1, 0.15) is 5.54 Å². The van der Waals surface area contributed by atoms with Crippen LogP contribution in [0.4, 0.5) is 0 Å². The summed E-state index contributed by atoms with van der Waals surface area (Å²) in [6.07, 6.45) is 2.52. The first kappa shape index (κ1) is 19.6. The summed E-state index contributed by atoms with van der Waals surface area (Å²) in [7, 11) is -3.53. The van der Waals surface area contributed by atoms with E-state index in [9.17, 15) is 18.0 Å². The lowest BCUT2D eigenvalue weighted by molar-refractivity contribution is -0.125. The fourth-order valence-corrected chi connectivity index (χ4v) is 3.32. The van der Waals surface area contributed by atoms with E-state index >= 15 is 0 Å². The highest BCUT2D eigenvalue weighted by molar-refractivity contribution is 7.88. The Balaban J connectivity index is 2.09. The first-order valence-electron chi connectivity index (χ1n) is 7.63. The highest BCUT2D eigenvalue weighted by atomic mass is 32.2. The molecule has 0 saturated carbocycles. The summed E-state index contributed by atoms with van der Waals surface area (Å²) < 4.78 is 26.4. The zero-order chi connectivity index (χ0) is 19.5. The van der Waals surface area contributed by atoms with Gasteiger partial charge in [-0.05, 0) is 37.6 Å². The summed E-state index contributed by atoms with van der Waals surface area (Å²) in [5, 5.41) is 15.6. The molecule has 10 heteroatoms. The van der Waals surface area contributed by atoms with E-state index in [1.54, 1.807) is 24.3 Å². The number of carboxylic acids is 1. The lowest BCUT2D eigenvalue weighted by atomic mass is 10.1. The molecular weight excluding hydrogens is 360 g/mol. The summed E-state index contributed by atoms with van der Waals surface area (Å²) in [4.78, 5) is 23.1. The maximum atomic E-state index is 12.2. The van der Waals surface area contributed by atoms with Gasteiger partial charge in [0.05, 0.1) is 11.9 Å². The summed E-state index contributed by atoms with van der Waals surface area (Å²) in [6, 6.07) is 8.41. The van der Waals surface area contributed by atoms with Gasteiger partial charge in [0.25, 0.3) is 0 Å². The molecule has 0 fully saturated rings. The quantitative estimate of drug-likeness (QED) is 0.642. The number of rotatable bonds is 7. The van der Waals surface area contributed by atoms with E-state index in [1.165, 1.54) is 30.8 Å². The van der Waals surface area contributed by atoms with Crippen LogP contribution in [0.1, 0.15) is 29.9 Å². The van der Waals surface area contributed by atoms with Gasteiger partial charge in [0, 0.05) is 12.7 Å². The molecule has 1 amide bonds. The van der Waals surface area contributed by atoms with Crippen molar-refractivity contribution in [1.82, 2.24) is 19.8 Å². The Bertz CT molecular complexity index is 934. The average molecular weight is 380 g/mol. The van der Waals surface area contributed by atoms with Crippen LogP contribution in [0.25, 0.3) is 5.69 Å². The zero-order valence-electron chi connectivity index (χ0n) is 14.6. The zero-order valence-corrected chi connectivity index (χ0v) is 15.4. The molecule has 1 heterocycles. The van der Waals surface area contributed by atoms with Crippen LogP contribution in [0, 0.1) is 0 Å². The van der Waals surface area contributed by atoms with E-state index in [0.717, 1.165) is 11.8 Å². The molecule has 0 aliphatic carbocycles. The third-order valence-corrected chi connectivity index (χ3v) is 4.33. The monoisotopic (exact) mass is 380 g/mol. The number of nitrogens with zero attached hydrogens (tertiary/aromatic N) is 2. The number of aromatic carboxylic acids is 1. The van der Waals surface area contributed by atoms with E-state index in [2.05, 4.69) is 15.1 Å². The summed E-state index contributed by atoms with van der Waals surface area (Å²) in [5.41, 5.74) is 0.0253. The van der Waals surface area contributed by atoms with Gasteiger partial charge < -0.3 is 10.4 Å². The molecule has 0 radical (unpaired) electrons. The van der Waals surface area contributed by atoms with Gasteiger partial charge in [-0.25, -0.2) is 22.6 Å². The molecule has 0 bridgehead atoms. The molecule has 2 rings (SSSR count). The Kier molecular flexibility index (Phi) is 5.47. The van der Waals surface area contributed by atoms with Crippen LogP contribution in [-0.4, -0.2) is 47.0 Å². The van der Waals surface area contributed by atoms with Gasteiger partial charge in [-0.15, -0.1) is 0 Å². The third-order valence-electron chi connectivity index (χ3n) is 3.44. The first-order chi connectivity index (χ1) is 12.0. The predicted molar refractivity (Wildman–Crippen MR) is 94.4 cm³/mol. The second-order valence-electron chi connectivity index (χ2n) is 6.30. The number of carbonyl (C=O) groups excluding carboxylic acids is 1. The molecule has 0 spiro atoms. The van der Waals surface area contributed by atoms with Crippen molar-refractivity contribution in [2.45, 2.75) is 25.9 Å². The van der Waals surface area contributed by atoms with Crippen molar-refractivity contribution >= 4 is 21.9 Å². The molecule has 9 nitrogen and oxygen atoms in total. The number of carboxylic acid groups (broad SMARTS) is 1. The molecular formula is C16H20N4O5S. The van der Waals surface area contributed by atoms with Crippen molar-refractivity contribution in [3.05, 3.63) is 47.8 Å². The van der Waals surface area contributed by atoms with Crippen molar-refractivity contribution in [2.24, 2.45) is 0 Å². The van der Waals surface area contributed by atoms with Crippen LogP contribution in [-0.2, 0) is 21.4 Å². The normalized spacial score (nSPS) is 12.0. The lowest BCUT2D eigenvalue weighted by Crippen LogP contribution is -2.54. The molecule has 26 heavy (non-hydrogen) atoms. The molecule has 0 atom stereocenters. The van der Waals surface area contributed by atoms with Gasteiger partial charge >= 0.3 is 5.97 Å². The second-order valence-corrected chi connectivity index (χ2v) is 8.05. The molecule has 0 unspecified atom stereocenters. The minimum absolute atomic E-state index is 0.0719. The minimum atomic E-state index is -3.53. The van der Waals surface area contributed by atoms with Crippen molar-refractivity contribution in [3.8, 4) is 5.69 Å². The largest absolute Gasteiger partial charge is 0.476 e. The van der Waals surface area contributed by atoms with Crippen LogP contribution >= 0.6 is 0 Å². The number of aromatic nitrogens is 2. The molecule has 0 aliphatic rings. The molecule has 0 aliphatic heterocycles. The smallest absolute Gasteiger partial charge is 0.356 e. The molecule has 0 saturated heterocycles. The first-order valence-corrected chi connectivity index (χ1v) is 9.52. The molecule has 1 aromatic heterocycles. The number of benzene rings is 1. The number of hydrogen-bond donors (Lipinski definition) is 3. The van der Waals surface area contributed by atoms with E-state index in [4.69, 9.17) is 5.11 Å². The highest BCUT2D eigenvalue weighted by Gasteiger charge is 2.30. The highest BCUT2D eigenvalue weighted by Crippen LogP contribution is 2.12. The van der Waals surface area contributed by atoms with Gasteiger partial charge in [0.15, 0.2) is 5.69 Å². The predicted octanol–water partition coefficient (Wildman–Crippen LogP) is 0.515. The van der Waals surface area contributed by atoms with Crippen molar-refractivity contribution in [2.75, 3.05) is 6.26 Å². The lowest BCUT2D eigenvalue weighted by Gasteiger charge is -2.23. The molecule has 140 valence electrons. The van der Waals surface area contributed by atoms with Crippen molar-refractivity contribution in [1.29, 1.82) is 0 Å². The Morgan fingerprint density at radius 3 is 2.54 bits per heavy atom. The fourth-order valence-electron chi connectivity index (χ4n) is 2.30. The van der Waals surface area contributed by atoms with Gasteiger partial charge in [-0.1, -0.05) is 12.1 Å². The van der Waals surface area contributed by atoms with Crippen LogP contribution in [0.15, 0.2) is 36.5 Å². The fraction of sp³-hybridized carbons (Fsp3) is 0.312. The number of carbonyl (C=O) groups is 2. The van der Waals surface area contributed by atoms with Crippen molar-refractivity contribution in [3.63, 3.8) is 0 Å². The van der Waals surface area contributed by atoms with Gasteiger partial charge in [-0.2, -0.15) is 5.10 Å². The van der Waals surface area contributed by atoms with E-state index in [0.29, 0.717) is 5.69 Å². The summed E-state index contributed by atoms with van der Waals surface area (Å²) in [5.74, 6) is -1.59. The second kappa shape index (κ2) is 7.26. The summed E-state index contributed by atoms with van der Waals surface area (Å²) in [6.45, 7) is 3.11. The Hall–Kier alpha value is -2.72. The Labute approximate surface area is 151 Å². The molecule has 1 aromatic carbocycles. The summed E-state index contributed by atoms with van der Waals surface area (Å²) >= 11 is 0. The average Bonchev–Trinajstić information content (AvgIpc) is 3.00. The molecule has 2 aromatic rings.